The summed E-state index contributed by atoms with van der Waals surface area (Å²) in [4.78, 5) is 22.4. The average Bonchev–Trinajstić information content (AvgIpc) is 2.82. The highest BCUT2D eigenvalue weighted by molar-refractivity contribution is 5.78. The van der Waals surface area contributed by atoms with Gasteiger partial charge in [0, 0.05) is 0 Å². The Labute approximate surface area is 89.0 Å². The summed E-state index contributed by atoms with van der Waals surface area (Å²) in [6.45, 7) is 0. The molecule has 78 valence electrons. The summed E-state index contributed by atoms with van der Waals surface area (Å²) in [5.41, 5.74) is 0.386. The largest absolute Gasteiger partial charge is 0.342 e. The lowest BCUT2D eigenvalue weighted by Crippen LogP contribution is -2.09. The number of aromatic nitrogens is 4. The van der Waals surface area contributed by atoms with Crippen LogP contribution < -0.4 is 5.56 Å². The third kappa shape index (κ3) is 1.28. The number of nitrogens with zero attached hydrogens (tertiary/aromatic N) is 3. The molecule has 0 radical (unpaired) electrons. The molecule has 0 bridgehead atoms. The van der Waals surface area contributed by atoms with Crippen molar-refractivity contribution in [2.75, 3.05) is 0 Å². The van der Waals surface area contributed by atoms with Gasteiger partial charge in [0.2, 0.25) is 12.2 Å². The van der Waals surface area contributed by atoms with Crippen molar-refractivity contribution in [3.63, 3.8) is 0 Å². The normalized spacial score (nSPS) is 10.8. The van der Waals surface area contributed by atoms with Crippen molar-refractivity contribution in [1.29, 1.82) is 0 Å². The summed E-state index contributed by atoms with van der Waals surface area (Å²) in [6.07, 6.45) is 1.19. The molecule has 0 saturated heterocycles. The summed E-state index contributed by atoms with van der Waals surface area (Å²) < 4.78 is 4.60. The molecule has 0 fully saturated rings. The van der Waals surface area contributed by atoms with Crippen molar-refractivity contribution in [3.05, 3.63) is 41.0 Å². The van der Waals surface area contributed by atoms with Crippen LogP contribution in [0.5, 0.6) is 0 Å². The van der Waals surface area contributed by atoms with Gasteiger partial charge in [-0.3, -0.25) is 4.79 Å². The summed E-state index contributed by atoms with van der Waals surface area (Å²) in [5.74, 6) is 0.570. The molecule has 6 heteroatoms. The Kier molecular flexibility index (Phi) is 1.79. The van der Waals surface area contributed by atoms with Crippen molar-refractivity contribution >= 4 is 10.9 Å². The number of hydrogen-bond donors (Lipinski definition) is 1. The van der Waals surface area contributed by atoms with Gasteiger partial charge in [0.15, 0.2) is 5.82 Å². The fourth-order valence-electron chi connectivity index (χ4n) is 1.47. The Hall–Kier alpha value is -2.50. The van der Waals surface area contributed by atoms with Gasteiger partial charge < -0.3 is 9.51 Å². The monoisotopic (exact) mass is 214 g/mol. The molecule has 16 heavy (non-hydrogen) atoms. The molecule has 2 heterocycles. The molecule has 0 aliphatic heterocycles. The van der Waals surface area contributed by atoms with Crippen LogP contribution >= 0.6 is 0 Å². The average molecular weight is 214 g/mol. The topological polar surface area (TPSA) is 84.7 Å². The van der Waals surface area contributed by atoms with E-state index < -0.39 is 0 Å². The maximum Gasteiger partial charge on any atom is 0.259 e. The Balaban J connectivity index is 2.34. The van der Waals surface area contributed by atoms with Crippen molar-refractivity contribution in [3.8, 4) is 11.6 Å². The lowest BCUT2D eigenvalue weighted by Gasteiger charge is -1.97. The van der Waals surface area contributed by atoms with Crippen LogP contribution in [0.2, 0.25) is 0 Å². The zero-order valence-corrected chi connectivity index (χ0v) is 8.04. The SMILES string of the molecule is O=c1[nH]c(-c2ncon2)nc2ccccc12. The first-order valence-corrected chi connectivity index (χ1v) is 4.60. The lowest BCUT2D eigenvalue weighted by molar-refractivity contribution is 0.418. The molecule has 0 spiro atoms. The van der Waals surface area contributed by atoms with Gasteiger partial charge in [-0.15, -0.1) is 0 Å². The van der Waals surface area contributed by atoms with E-state index in [2.05, 4.69) is 24.6 Å². The van der Waals surface area contributed by atoms with Crippen molar-refractivity contribution in [2.24, 2.45) is 0 Å². The Morgan fingerprint density at radius 2 is 2.12 bits per heavy atom. The first-order chi connectivity index (χ1) is 7.84. The number of para-hydroxylation sites is 1. The molecule has 3 rings (SSSR count). The van der Waals surface area contributed by atoms with Crippen LogP contribution in [0.15, 0.2) is 40.0 Å². The number of hydrogen-bond acceptors (Lipinski definition) is 5. The first-order valence-electron chi connectivity index (χ1n) is 4.60. The second-order valence-corrected chi connectivity index (χ2v) is 3.19. The fraction of sp³-hybridized carbons (Fsp3) is 0. The van der Waals surface area contributed by atoms with Gasteiger partial charge in [-0.2, -0.15) is 4.98 Å². The minimum Gasteiger partial charge on any atom is -0.342 e. The van der Waals surface area contributed by atoms with E-state index in [4.69, 9.17) is 0 Å². The van der Waals surface area contributed by atoms with Gasteiger partial charge in [0.1, 0.15) is 0 Å². The number of nitrogens with one attached hydrogen (secondary N) is 1. The highest BCUT2D eigenvalue weighted by atomic mass is 16.5. The van der Waals surface area contributed by atoms with Crippen LogP contribution in [0.1, 0.15) is 0 Å². The quantitative estimate of drug-likeness (QED) is 0.652. The number of rotatable bonds is 1. The van der Waals surface area contributed by atoms with E-state index in [-0.39, 0.29) is 11.4 Å². The molecule has 1 N–H and O–H groups in total. The van der Waals surface area contributed by atoms with E-state index in [9.17, 15) is 4.79 Å². The standard InChI is InChI=1S/C10H6N4O2/c15-10-6-3-1-2-4-7(6)12-9(13-10)8-11-5-16-14-8/h1-5H,(H,12,13,15). The predicted octanol–water partition coefficient (Wildman–Crippen LogP) is 0.973. The van der Waals surface area contributed by atoms with Crippen molar-refractivity contribution < 1.29 is 4.52 Å². The lowest BCUT2D eigenvalue weighted by atomic mass is 10.2. The van der Waals surface area contributed by atoms with Crippen LogP contribution in [0.25, 0.3) is 22.6 Å². The van der Waals surface area contributed by atoms with E-state index in [0.717, 1.165) is 0 Å². The highest BCUT2D eigenvalue weighted by Gasteiger charge is 2.08. The molecule has 0 atom stereocenters. The number of benzene rings is 1. The van der Waals surface area contributed by atoms with Gasteiger partial charge in [-0.25, -0.2) is 4.98 Å². The van der Waals surface area contributed by atoms with Gasteiger partial charge in [0.25, 0.3) is 5.56 Å². The molecule has 0 amide bonds. The maximum absolute atomic E-state index is 11.7. The van der Waals surface area contributed by atoms with Crippen LogP contribution in [0.4, 0.5) is 0 Å². The zero-order valence-electron chi connectivity index (χ0n) is 8.04. The molecule has 3 aromatic rings. The fourth-order valence-corrected chi connectivity index (χ4v) is 1.47. The third-order valence-corrected chi connectivity index (χ3v) is 2.19. The molecule has 0 aliphatic carbocycles. The van der Waals surface area contributed by atoms with Crippen LogP contribution in [-0.4, -0.2) is 20.1 Å². The smallest absolute Gasteiger partial charge is 0.259 e. The van der Waals surface area contributed by atoms with Crippen LogP contribution in [0, 0.1) is 0 Å². The van der Waals surface area contributed by atoms with Crippen LogP contribution in [-0.2, 0) is 0 Å². The zero-order chi connectivity index (χ0) is 11.0. The maximum atomic E-state index is 11.7. The van der Waals surface area contributed by atoms with E-state index >= 15 is 0 Å². The first kappa shape index (κ1) is 8.78. The van der Waals surface area contributed by atoms with E-state index in [1.807, 2.05) is 6.07 Å². The molecule has 6 nitrogen and oxygen atoms in total. The molecular formula is C10H6N4O2. The van der Waals surface area contributed by atoms with Gasteiger partial charge in [-0.1, -0.05) is 17.3 Å². The number of H-pyrrole nitrogens is 1. The molecule has 0 saturated carbocycles. The molecule has 2 aromatic heterocycles. The van der Waals surface area contributed by atoms with Gasteiger partial charge in [0.05, 0.1) is 10.9 Å². The minimum absolute atomic E-state index is 0.217. The Bertz CT molecular complexity index is 687. The minimum atomic E-state index is -0.217. The second-order valence-electron chi connectivity index (χ2n) is 3.19. The number of fused-ring (bicyclic) bond motifs is 1. The molecule has 0 aliphatic rings. The van der Waals surface area contributed by atoms with Crippen LogP contribution in [0.3, 0.4) is 0 Å². The summed E-state index contributed by atoms with van der Waals surface area (Å²) in [6, 6.07) is 7.07. The van der Waals surface area contributed by atoms with Crippen molar-refractivity contribution in [2.45, 2.75) is 0 Å². The Morgan fingerprint density at radius 1 is 1.25 bits per heavy atom. The summed E-state index contributed by atoms with van der Waals surface area (Å²) in [5, 5.41) is 4.15. The molecular weight excluding hydrogens is 208 g/mol. The van der Waals surface area contributed by atoms with E-state index in [1.165, 1.54) is 6.39 Å². The molecule has 1 aromatic carbocycles. The second kappa shape index (κ2) is 3.27. The van der Waals surface area contributed by atoms with E-state index in [1.54, 1.807) is 18.2 Å². The third-order valence-electron chi connectivity index (χ3n) is 2.19. The number of aromatic amines is 1. The predicted molar refractivity (Wildman–Crippen MR) is 55.7 cm³/mol. The summed E-state index contributed by atoms with van der Waals surface area (Å²) in [7, 11) is 0. The van der Waals surface area contributed by atoms with Gasteiger partial charge in [-0.05, 0) is 12.1 Å². The van der Waals surface area contributed by atoms with E-state index in [0.29, 0.717) is 16.7 Å². The Morgan fingerprint density at radius 3 is 2.94 bits per heavy atom. The van der Waals surface area contributed by atoms with Gasteiger partial charge >= 0.3 is 0 Å². The summed E-state index contributed by atoms with van der Waals surface area (Å²) >= 11 is 0. The van der Waals surface area contributed by atoms with Crippen molar-refractivity contribution in [1.82, 2.24) is 20.1 Å². The highest BCUT2D eigenvalue weighted by Crippen LogP contribution is 2.11. The molecule has 0 unspecified atom stereocenters.